The highest BCUT2D eigenvalue weighted by Gasteiger charge is 2.35. The summed E-state index contributed by atoms with van der Waals surface area (Å²) in [5.41, 5.74) is 0. The Hall–Kier alpha value is -0.570. The fraction of sp³-hybridized carbons (Fsp3) is 0.857. The zero-order chi connectivity index (χ0) is 6.97. The van der Waals surface area contributed by atoms with Gasteiger partial charge in [-0.2, -0.15) is 0 Å². The van der Waals surface area contributed by atoms with Gasteiger partial charge in [0.25, 0.3) is 0 Å². The summed E-state index contributed by atoms with van der Waals surface area (Å²) in [6.45, 7) is 2.87. The van der Waals surface area contributed by atoms with Gasteiger partial charge in [-0.1, -0.05) is 0 Å². The number of piperidine rings is 1. The number of carbonyl (C=O) groups is 1. The second kappa shape index (κ2) is 2.23. The molecular weight excluding hydrogens is 128 g/mol. The quantitative estimate of drug-likeness (QED) is 0.469. The molecule has 10 heavy (non-hydrogen) atoms. The van der Waals surface area contributed by atoms with Gasteiger partial charge >= 0.3 is 0 Å². The van der Waals surface area contributed by atoms with Crippen molar-refractivity contribution in [2.24, 2.45) is 11.8 Å². The van der Waals surface area contributed by atoms with Crippen molar-refractivity contribution in [2.75, 3.05) is 19.6 Å². The number of hydrogen-bond acceptors (Lipinski definition) is 2. The lowest BCUT2D eigenvalue weighted by atomic mass is 9.89. The third-order valence-electron chi connectivity index (χ3n) is 2.50. The van der Waals surface area contributed by atoms with Gasteiger partial charge in [0.1, 0.15) is 0 Å². The molecule has 0 aromatic rings. The molecule has 1 amide bonds. The molecule has 2 aliphatic rings. The van der Waals surface area contributed by atoms with Gasteiger partial charge in [-0.15, -0.1) is 0 Å². The number of hydrogen-bond donors (Lipinski definition) is 2. The molecule has 0 aromatic heterocycles. The summed E-state index contributed by atoms with van der Waals surface area (Å²) < 4.78 is 0. The maximum Gasteiger partial charge on any atom is 0.224 e. The summed E-state index contributed by atoms with van der Waals surface area (Å²) in [5.74, 6) is 1.14. The summed E-state index contributed by atoms with van der Waals surface area (Å²) >= 11 is 0. The van der Waals surface area contributed by atoms with E-state index in [1.807, 2.05) is 0 Å². The molecule has 2 aliphatic heterocycles. The van der Waals surface area contributed by atoms with Crippen LogP contribution in [0.2, 0.25) is 0 Å². The highest BCUT2D eigenvalue weighted by molar-refractivity contribution is 5.81. The summed E-state index contributed by atoms with van der Waals surface area (Å²) in [5, 5.41) is 6.11. The molecule has 2 fully saturated rings. The molecule has 1 unspecified atom stereocenters. The van der Waals surface area contributed by atoms with E-state index in [4.69, 9.17) is 0 Å². The lowest BCUT2D eigenvalue weighted by Gasteiger charge is -2.22. The topological polar surface area (TPSA) is 41.1 Å². The van der Waals surface area contributed by atoms with E-state index in [9.17, 15) is 4.79 Å². The Morgan fingerprint density at radius 2 is 2.30 bits per heavy atom. The van der Waals surface area contributed by atoms with E-state index in [0.29, 0.717) is 5.92 Å². The minimum absolute atomic E-state index is 0.247. The van der Waals surface area contributed by atoms with Crippen LogP contribution in [-0.4, -0.2) is 25.5 Å². The van der Waals surface area contributed by atoms with Gasteiger partial charge in [0, 0.05) is 13.1 Å². The molecule has 2 heterocycles. The second-order valence-corrected chi connectivity index (χ2v) is 3.10. The van der Waals surface area contributed by atoms with Crippen LogP contribution in [0.25, 0.3) is 0 Å². The predicted molar refractivity (Wildman–Crippen MR) is 37.5 cm³/mol. The molecule has 0 spiro atoms. The van der Waals surface area contributed by atoms with Crippen molar-refractivity contribution in [3.05, 3.63) is 0 Å². The van der Waals surface area contributed by atoms with Gasteiger partial charge in [-0.3, -0.25) is 4.79 Å². The molecule has 2 rings (SSSR count). The summed E-state index contributed by atoms with van der Waals surface area (Å²) in [4.78, 5) is 11.1. The highest BCUT2D eigenvalue weighted by atomic mass is 16.2. The van der Waals surface area contributed by atoms with Crippen LogP contribution in [0.5, 0.6) is 0 Å². The Morgan fingerprint density at radius 3 is 3.10 bits per heavy atom. The van der Waals surface area contributed by atoms with Crippen LogP contribution in [0.3, 0.4) is 0 Å². The third-order valence-corrected chi connectivity index (χ3v) is 2.50. The number of rotatable bonds is 0. The second-order valence-electron chi connectivity index (χ2n) is 3.10. The van der Waals surface area contributed by atoms with E-state index in [0.717, 1.165) is 26.1 Å². The van der Waals surface area contributed by atoms with Crippen molar-refractivity contribution >= 4 is 5.91 Å². The molecule has 0 aromatic carbocycles. The number of amides is 1. The van der Waals surface area contributed by atoms with Crippen LogP contribution >= 0.6 is 0 Å². The monoisotopic (exact) mass is 140 g/mol. The normalized spacial score (nSPS) is 39.0. The Labute approximate surface area is 60.2 Å². The van der Waals surface area contributed by atoms with Gasteiger partial charge in [-0.25, -0.2) is 0 Å². The first-order valence-corrected chi connectivity index (χ1v) is 3.86. The van der Waals surface area contributed by atoms with Crippen molar-refractivity contribution < 1.29 is 4.79 Å². The molecular formula is C7H12N2O. The van der Waals surface area contributed by atoms with Gasteiger partial charge < -0.3 is 10.6 Å². The van der Waals surface area contributed by atoms with E-state index in [2.05, 4.69) is 10.6 Å². The average Bonchev–Trinajstić information content (AvgIpc) is 2.34. The van der Waals surface area contributed by atoms with Crippen LogP contribution in [-0.2, 0) is 4.79 Å². The predicted octanol–water partition coefficient (Wildman–Crippen LogP) is -0.658. The fourth-order valence-electron chi connectivity index (χ4n) is 1.83. The standard InChI is InChI=1S/C7H12N2O/c10-7-6-4-8-2-1-5(6)3-9-7/h5-6,8H,1-4H2,(H,9,10)/t5-,6?/m0/s1. The lowest BCUT2D eigenvalue weighted by molar-refractivity contribution is -0.123. The molecule has 2 atom stereocenters. The van der Waals surface area contributed by atoms with Gasteiger partial charge in [0.2, 0.25) is 5.91 Å². The zero-order valence-corrected chi connectivity index (χ0v) is 5.89. The molecule has 3 heteroatoms. The van der Waals surface area contributed by atoms with Crippen LogP contribution in [0, 0.1) is 11.8 Å². The minimum atomic E-state index is 0.247. The van der Waals surface area contributed by atoms with Crippen LogP contribution < -0.4 is 10.6 Å². The molecule has 3 nitrogen and oxygen atoms in total. The fourth-order valence-corrected chi connectivity index (χ4v) is 1.83. The molecule has 2 saturated heterocycles. The van der Waals surface area contributed by atoms with Gasteiger partial charge in [0.05, 0.1) is 5.92 Å². The molecule has 0 radical (unpaired) electrons. The number of carbonyl (C=O) groups excluding carboxylic acids is 1. The molecule has 2 N–H and O–H groups in total. The highest BCUT2D eigenvalue weighted by Crippen LogP contribution is 2.22. The lowest BCUT2D eigenvalue weighted by Crippen LogP contribution is -2.37. The van der Waals surface area contributed by atoms with Crippen molar-refractivity contribution in [2.45, 2.75) is 6.42 Å². The van der Waals surface area contributed by atoms with E-state index < -0.39 is 0 Å². The summed E-state index contributed by atoms with van der Waals surface area (Å²) in [6.07, 6.45) is 1.16. The van der Waals surface area contributed by atoms with Gasteiger partial charge in [-0.05, 0) is 18.9 Å². The molecule has 0 saturated carbocycles. The van der Waals surface area contributed by atoms with E-state index >= 15 is 0 Å². The van der Waals surface area contributed by atoms with Crippen LogP contribution in [0.15, 0.2) is 0 Å². The van der Waals surface area contributed by atoms with E-state index in [-0.39, 0.29) is 11.8 Å². The number of nitrogens with one attached hydrogen (secondary N) is 2. The first-order chi connectivity index (χ1) is 4.88. The third kappa shape index (κ3) is 0.814. The largest absolute Gasteiger partial charge is 0.356 e. The minimum Gasteiger partial charge on any atom is -0.356 e. The Bertz CT molecular complexity index is 158. The SMILES string of the molecule is O=C1NC[C@@H]2CCNCC12. The average molecular weight is 140 g/mol. The molecule has 0 bridgehead atoms. The number of fused-ring (bicyclic) bond motifs is 1. The molecule has 56 valence electrons. The van der Waals surface area contributed by atoms with Crippen molar-refractivity contribution in [1.82, 2.24) is 10.6 Å². The van der Waals surface area contributed by atoms with Crippen molar-refractivity contribution in [3.63, 3.8) is 0 Å². The van der Waals surface area contributed by atoms with Crippen molar-refractivity contribution in [3.8, 4) is 0 Å². The summed E-state index contributed by atoms with van der Waals surface area (Å²) in [7, 11) is 0. The van der Waals surface area contributed by atoms with Crippen LogP contribution in [0.4, 0.5) is 0 Å². The van der Waals surface area contributed by atoms with Crippen molar-refractivity contribution in [1.29, 1.82) is 0 Å². The Kier molecular flexibility index (Phi) is 1.38. The Morgan fingerprint density at radius 1 is 1.40 bits per heavy atom. The van der Waals surface area contributed by atoms with E-state index in [1.54, 1.807) is 0 Å². The summed E-state index contributed by atoms with van der Waals surface area (Å²) in [6, 6.07) is 0. The Balaban J connectivity index is 2.08. The van der Waals surface area contributed by atoms with Gasteiger partial charge in [0.15, 0.2) is 0 Å². The zero-order valence-electron chi connectivity index (χ0n) is 5.89. The van der Waals surface area contributed by atoms with Crippen LogP contribution in [0.1, 0.15) is 6.42 Å². The first-order valence-electron chi connectivity index (χ1n) is 3.86. The maximum absolute atomic E-state index is 11.1. The first kappa shape index (κ1) is 6.16. The van der Waals surface area contributed by atoms with E-state index in [1.165, 1.54) is 0 Å². The smallest absolute Gasteiger partial charge is 0.224 e. The maximum atomic E-state index is 11.1. The molecule has 0 aliphatic carbocycles.